The van der Waals surface area contributed by atoms with Gasteiger partial charge in [-0.1, -0.05) is 78.9 Å². The maximum atomic E-state index is 10.5. The van der Waals surface area contributed by atoms with E-state index in [9.17, 15) is 5.26 Å². The van der Waals surface area contributed by atoms with Crippen molar-refractivity contribution in [3.63, 3.8) is 0 Å². The maximum Gasteiger partial charge on any atom is 0.0879 e. The van der Waals surface area contributed by atoms with Crippen LogP contribution in [-0.4, -0.2) is 18.5 Å². The predicted octanol–water partition coefficient (Wildman–Crippen LogP) is 7.25. The first kappa shape index (κ1) is 22.2. The highest BCUT2D eigenvalue weighted by Crippen LogP contribution is 2.48. The minimum absolute atomic E-state index is 0.318. The SMILES string of the molecule is CN(CCCC(C#N)(c1c(Cl)cccc1Cl)C1CCCCC1)Cc1ccccc1. The van der Waals surface area contributed by atoms with Crippen LogP contribution in [0.5, 0.6) is 0 Å². The van der Waals surface area contributed by atoms with Crippen molar-refractivity contribution < 1.29 is 0 Å². The Labute approximate surface area is 185 Å². The second-order valence-electron chi connectivity index (χ2n) is 8.34. The van der Waals surface area contributed by atoms with Gasteiger partial charge in [-0.3, -0.25) is 0 Å². The van der Waals surface area contributed by atoms with Crippen LogP contribution in [0.1, 0.15) is 56.1 Å². The summed E-state index contributed by atoms with van der Waals surface area (Å²) in [7, 11) is 2.14. The summed E-state index contributed by atoms with van der Waals surface area (Å²) in [6.07, 6.45) is 7.51. The van der Waals surface area contributed by atoms with E-state index in [0.717, 1.165) is 44.3 Å². The monoisotopic (exact) mass is 428 g/mol. The van der Waals surface area contributed by atoms with E-state index in [1.165, 1.54) is 24.8 Å². The zero-order valence-electron chi connectivity index (χ0n) is 17.2. The third-order valence-corrected chi connectivity index (χ3v) is 6.95. The molecule has 3 rings (SSSR count). The fraction of sp³-hybridized carbons (Fsp3) is 0.480. The van der Waals surface area contributed by atoms with Crippen molar-refractivity contribution in [3.8, 4) is 6.07 Å². The van der Waals surface area contributed by atoms with Gasteiger partial charge >= 0.3 is 0 Å². The number of benzene rings is 2. The number of halogens is 2. The molecule has 0 bridgehead atoms. The minimum Gasteiger partial charge on any atom is -0.302 e. The van der Waals surface area contributed by atoms with Crippen LogP contribution in [0.4, 0.5) is 0 Å². The molecule has 0 saturated heterocycles. The molecule has 0 aromatic heterocycles. The van der Waals surface area contributed by atoms with Gasteiger partial charge in [0, 0.05) is 22.2 Å². The highest BCUT2D eigenvalue weighted by atomic mass is 35.5. The smallest absolute Gasteiger partial charge is 0.0879 e. The molecule has 0 N–H and O–H groups in total. The van der Waals surface area contributed by atoms with Gasteiger partial charge in [0.05, 0.1) is 11.5 Å². The van der Waals surface area contributed by atoms with Gasteiger partial charge in [0.1, 0.15) is 0 Å². The van der Waals surface area contributed by atoms with Crippen LogP contribution in [0.3, 0.4) is 0 Å². The second kappa shape index (κ2) is 10.5. The molecule has 154 valence electrons. The zero-order chi connectivity index (χ0) is 20.7. The third kappa shape index (κ3) is 5.34. The molecule has 1 fully saturated rings. The number of nitrogens with zero attached hydrogens (tertiary/aromatic N) is 2. The quantitative estimate of drug-likeness (QED) is 0.442. The van der Waals surface area contributed by atoms with E-state index in [1.807, 2.05) is 24.3 Å². The summed E-state index contributed by atoms with van der Waals surface area (Å²) in [5.74, 6) is 0.318. The second-order valence-corrected chi connectivity index (χ2v) is 9.16. The summed E-state index contributed by atoms with van der Waals surface area (Å²) in [6, 6.07) is 18.8. The highest BCUT2D eigenvalue weighted by molar-refractivity contribution is 6.36. The Bertz CT molecular complexity index is 804. The highest BCUT2D eigenvalue weighted by Gasteiger charge is 2.43. The van der Waals surface area contributed by atoms with Gasteiger partial charge in [0.15, 0.2) is 0 Å². The van der Waals surface area contributed by atoms with E-state index in [2.05, 4.69) is 42.3 Å². The van der Waals surface area contributed by atoms with E-state index in [1.54, 1.807) is 0 Å². The van der Waals surface area contributed by atoms with Crippen LogP contribution >= 0.6 is 23.2 Å². The lowest BCUT2D eigenvalue weighted by Gasteiger charge is -2.39. The Balaban J connectivity index is 1.77. The molecule has 1 atom stereocenters. The summed E-state index contributed by atoms with van der Waals surface area (Å²) in [6.45, 7) is 1.85. The van der Waals surface area contributed by atoms with Crippen LogP contribution < -0.4 is 0 Å². The van der Waals surface area contributed by atoms with Crippen molar-refractivity contribution in [3.05, 3.63) is 69.7 Å². The van der Waals surface area contributed by atoms with Crippen molar-refractivity contribution >= 4 is 23.2 Å². The van der Waals surface area contributed by atoms with E-state index in [4.69, 9.17) is 23.2 Å². The van der Waals surface area contributed by atoms with Gasteiger partial charge < -0.3 is 4.90 Å². The average Bonchev–Trinajstić information content (AvgIpc) is 2.74. The van der Waals surface area contributed by atoms with Crippen LogP contribution in [0, 0.1) is 17.2 Å². The average molecular weight is 429 g/mol. The van der Waals surface area contributed by atoms with E-state index < -0.39 is 5.41 Å². The molecule has 0 spiro atoms. The lowest BCUT2D eigenvalue weighted by atomic mass is 9.63. The maximum absolute atomic E-state index is 10.5. The molecule has 1 aliphatic rings. The summed E-state index contributed by atoms with van der Waals surface area (Å²) < 4.78 is 0. The molecule has 0 amide bonds. The van der Waals surface area contributed by atoms with Crippen molar-refractivity contribution in [2.24, 2.45) is 5.92 Å². The summed E-state index contributed by atoms with van der Waals surface area (Å²) in [5, 5.41) is 11.7. The molecule has 2 aromatic carbocycles. The van der Waals surface area contributed by atoms with E-state index >= 15 is 0 Å². The Morgan fingerprint density at radius 3 is 2.28 bits per heavy atom. The Morgan fingerprint density at radius 2 is 1.66 bits per heavy atom. The van der Waals surface area contributed by atoms with Gasteiger partial charge in [-0.2, -0.15) is 5.26 Å². The molecular formula is C25H30Cl2N2. The molecule has 0 heterocycles. The van der Waals surface area contributed by atoms with Crippen molar-refractivity contribution in [1.82, 2.24) is 4.90 Å². The Kier molecular flexibility index (Phi) is 8.01. The number of hydrogen-bond acceptors (Lipinski definition) is 2. The molecular weight excluding hydrogens is 399 g/mol. The van der Waals surface area contributed by atoms with Crippen molar-refractivity contribution in [2.45, 2.75) is 56.9 Å². The van der Waals surface area contributed by atoms with Crippen molar-refractivity contribution in [2.75, 3.05) is 13.6 Å². The zero-order valence-corrected chi connectivity index (χ0v) is 18.7. The van der Waals surface area contributed by atoms with Crippen molar-refractivity contribution in [1.29, 1.82) is 5.26 Å². The molecule has 1 aliphatic carbocycles. The third-order valence-electron chi connectivity index (χ3n) is 6.32. The summed E-state index contributed by atoms with van der Waals surface area (Å²) in [5.41, 5.74) is 1.55. The van der Waals surface area contributed by atoms with Gasteiger partial charge in [-0.25, -0.2) is 0 Å². The van der Waals surface area contributed by atoms with Gasteiger partial charge in [-0.05, 0) is 62.9 Å². The Morgan fingerprint density at radius 1 is 1.00 bits per heavy atom. The fourth-order valence-corrected chi connectivity index (χ4v) is 5.59. The molecule has 1 saturated carbocycles. The first-order valence-electron chi connectivity index (χ1n) is 10.6. The summed E-state index contributed by atoms with van der Waals surface area (Å²) >= 11 is 13.2. The molecule has 29 heavy (non-hydrogen) atoms. The first-order chi connectivity index (χ1) is 14.1. The van der Waals surface area contributed by atoms with Crippen LogP contribution in [0.15, 0.2) is 48.5 Å². The standard InChI is InChI=1S/C25H30Cl2N2/c1-29(18-20-10-4-2-5-11-20)17-9-16-25(19-28,21-12-6-3-7-13-21)24-22(26)14-8-15-23(24)27/h2,4-5,8,10-11,14-15,21H,3,6-7,9,12-13,16-18H2,1H3. The summed E-state index contributed by atoms with van der Waals surface area (Å²) in [4.78, 5) is 2.33. The molecule has 2 aromatic rings. The molecule has 0 radical (unpaired) electrons. The molecule has 1 unspecified atom stereocenters. The largest absolute Gasteiger partial charge is 0.302 e. The molecule has 2 nitrogen and oxygen atoms in total. The van der Waals surface area contributed by atoms with Crippen LogP contribution in [0.2, 0.25) is 10.0 Å². The van der Waals surface area contributed by atoms with Crippen LogP contribution in [-0.2, 0) is 12.0 Å². The molecule has 4 heteroatoms. The predicted molar refractivity (Wildman–Crippen MR) is 122 cm³/mol. The topological polar surface area (TPSA) is 27.0 Å². The normalized spacial score (nSPS) is 17.1. The van der Waals surface area contributed by atoms with E-state index in [-0.39, 0.29) is 0 Å². The van der Waals surface area contributed by atoms with Gasteiger partial charge in [0.2, 0.25) is 0 Å². The number of rotatable bonds is 8. The van der Waals surface area contributed by atoms with Gasteiger partial charge in [-0.15, -0.1) is 0 Å². The number of nitriles is 1. The minimum atomic E-state index is -0.608. The van der Waals surface area contributed by atoms with Gasteiger partial charge in [0.25, 0.3) is 0 Å². The van der Waals surface area contributed by atoms with Crippen LogP contribution in [0.25, 0.3) is 0 Å². The fourth-order valence-electron chi connectivity index (χ4n) is 4.86. The first-order valence-corrected chi connectivity index (χ1v) is 11.4. The Hall–Kier alpha value is -1.53. The van der Waals surface area contributed by atoms with E-state index in [0.29, 0.717) is 16.0 Å². The lowest BCUT2D eigenvalue weighted by Crippen LogP contribution is -2.37. The molecule has 0 aliphatic heterocycles. The number of hydrogen-bond donors (Lipinski definition) is 0. The lowest BCUT2D eigenvalue weighted by molar-refractivity contribution is 0.223.